The van der Waals surface area contributed by atoms with E-state index in [2.05, 4.69) is 21.2 Å². The molecule has 0 aromatic heterocycles. The molecule has 8 heteroatoms. The van der Waals surface area contributed by atoms with Crippen LogP contribution in [0.4, 0.5) is 9.18 Å². The Kier molecular flexibility index (Phi) is 4.78. The minimum atomic E-state index is -0.565. The number of carbonyl (C=O) groups is 2. The summed E-state index contributed by atoms with van der Waals surface area (Å²) in [7, 11) is 0. The van der Waals surface area contributed by atoms with Gasteiger partial charge in [-0.2, -0.15) is 0 Å². The first-order chi connectivity index (χ1) is 11.8. The number of carbonyl (C=O) groups excluding carboxylic acids is 2. The van der Waals surface area contributed by atoms with Crippen LogP contribution >= 0.6 is 27.5 Å². The maximum Gasteiger partial charge on any atom is 0.329 e. The van der Waals surface area contributed by atoms with Crippen LogP contribution in [0, 0.1) is 5.82 Å². The SMILES string of the molecule is O=C1N/C(=C/c2cc(Cl)c(O)c(Br)c2)C(=O)N1Cc1ccc(F)cc1. The fraction of sp³-hybridized carbons (Fsp3) is 0.0588. The molecule has 128 valence electrons. The molecule has 0 spiro atoms. The third-order valence-corrected chi connectivity index (χ3v) is 4.46. The quantitative estimate of drug-likeness (QED) is 0.576. The number of imide groups is 1. The summed E-state index contributed by atoms with van der Waals surface area (Å²) in [5, 5.41) is 12.2. The van der Waals surface area contributed by atoms with Gasteiger partial charge in [0.2, 0.25) is 0 Å². The van der Waals surface area contributed by atoms with E-state index in [1.54, 1.807) is 6.07 Å². The molecule has 25 heavy (non-hydrogen) atoms. The number of aromatic hydroxyl groups is 1. The first-order valence-corrected chi connectivity index (χ1v) is 8.29. The fourth-order valence-electron chi connectivity index (χ4n) is 2.32. The third kappa shape index (κ3) is 3.67. The lowest BCUT2D eigenvalue weighted by atomic mass is 10.1. The van der Waals surface area contributed by atoms with Gasteiger partial charge in [0.05, 0.1) is 16.0 Å². The lowest BCUT2D eigenvalue weighted by molar-refractivity contribution is -0.123. The van der Waals surface area contributed by atoms with Gasteiger partial charge >= 0.3 is 6.03 Å². The molecule has 2 N–H and O–H groups in total. The van der Waals surface area contributed by atoms with Crippen LogP contribution < -0.4 is 5.32 Å². The van der Waals surface area contributed by atoms with Crippen molar-refractivity contribution in [2.45, 2.75) is 6.54 Å². The molecule has 0 bridgehead atoms. The molecule has 1 heterocycles. The predicted octanol–water partition coefficient (Wildman–Crippen LogP) is 4.04. The van der Waals surface area contributed by atoms with Crippen LogP contribution in [-0.4, -0.2) is 21.9 Å². The van der Waals surface area contributed by atoms with Crippen LogP contribution in [0.2, 0.25) is 5.02 Å². The Labute approximate surface area is 155 Å². The van der Waals surface area contributed by atoms with Crippen LogP contribution in [0.5, 0.6) is 5.75 Å². The second-order valence-corrected chi connectivity index (χ2v) is 6.60. The first kappa shape index (κ1) is 17.4. The van der Waals surface area contributed by atoms with Gasteiger partial charge in [0.25, 0.3) is 5.91 Å². The number of hydrogen-bond acceptors (Lipinski definition) is 3. The van der Waals surface area contributed by atoms with Crippen molar-refractivity contribution >= 4 is 45.5 Å². The van der Waals surface area contributed by atoms with Crippen LogP contribution in [0.15, 0.2) is 46.6 Å². The predicted molar refractivity (Wildman–Crippen MR) is 94.3 cm³/mol. The number of benzene rings is 2. The highest BCUT2D eigenvalue weighted by Gasteiger charge is 2.33. The van der Waals surface area contributed by atoms with Crippen LogP contribution in [0.25, 0.3) is 6.08 Å². The zero-order valence-corrected chi connectivity index (χ0v) is 14.9. The molecule has 0 unspecified atom stereocenters. The number of phenolic OH excluding ortho intramolecular Hbond substituents is 1. The maximum atomic E-state index is 13.0. The Balaban J connectivity index is 1.84. The summed E-state index contributed by atoms with van der Waals surface area (Å²) in [5.74, 6) is -1.01. The van der Waals surface area contributed by atoms with Crippen molar-refractivity contribution in [3.05, 3.63) is 68.5 Å². The summed E-state index contributed by atoms with van der Waals surface area (Å²) in [6, 6.07) is 8.02. The molecule has 1 aliphatic rings. The van der Waals surface area contributed by atoms with Gasteiger partial charge in [-0.1, -0.05) is 23.7 Å². The molecule has 2 aromatic rings. The molecule has 3 amide bonds. The lowest BCUT2D eigenvalue weighted by Crippen LogP contribution is -2.30. The van der Waals surface area contributed by atoms with Gasteiger partial charge in [0, 0.05) is 0 Å². The van der Waals surface area contributed by atoms with Crippen molar-refractivity contribution in [1.82, 2.24) is 10.2 Å². The van der Waals surface area contributed by atoms with Gasteiger partial charge in [-0.05, 0) is 57.4 Å². The standard InChI is InChI=1S/C17H11BrClFN2O3/c18-12-5-10(6-13(19)15(12)23)7-14-16(24)22(17(25)21-14)8-9-1-3-11(20)4-2-9/h1-7,23H,8H2,(H,21,25)/b14-7+. The molecular formula is C17H11BrClFN2O3. The molecule has 0 atom stereocenters. The van der Waals surface area contributed by atoms with Crippen molar-refractivity contribution in [2.24, 2.45) is 0 Å². The molecule has 5 nitrogen and oxygen atoms in total. The van der Waals surface area contributed by atoms with E-state index in [0.29, 0.717) is 15.6 Å². The zero-order chi connectivity index (χ0) is 18.1. The number of nitrogens with one attached hydrogen (secondary N) is 1. The third-order valence-electron chi connectivity index (χ3n) is 3.57. The van der Waals surface area contributed by atoms with Crippen molar-refractivity contribution in [3.8, 4) is 5.75 Å². The molecule has 1 saturated heterocycles. The highest BCUT2D eigenvalue weighted by atomic mass is 79.9. The summed E-state index contributed by atoms with van der Waals surface area (Å²) in [4.78, 5) is 25.5. The molecule has 0 radical (unpaired) electrons. The van der Waals surface area contributed by atoms with Gasteiger partial charge < -0.3 is 10.4 Å². The number of amides is 3. The molecular weight excluding hydrogens is 415 g/mol. The number of halogens is 3. The van der Waals surface area contributed by atoms with Crippen LogP contribution in [0.3, 0.4) is 0 Å². The molecule has 1 fully saturated rings. The Hall–Kier alpha value is -2.38. The Bertz CT molecular complexity index is 876. The molecule has 3 rings (SSSR count). The van der Waals surface area contributed by atoms with Crippen LogP contribution in [-0.2, 0) is 11.3 Å². The summed E-state index contributed by atoms with van der Waals surface area (Å²) < 4.78 is 13.3. The van der Waals surface area contributed by atoms with Gasteiger partial charge in [-0.3, -0.25) is 9.69 Å². The van der Waals surface area contributed by atoms with Crippen molar-refractivity contribution < 1.29 is 19.1 Å². The second kappa shape index (κ2) is 6.85. The normalized spacial score (nSPS) is 15.8. The average molecular weight is 426 g/mol. The lowest BCUT2D eigenvalue weighted by Gasteiger charge is -2.11. The Morgan fingerprint density at radius 1 is 1.24 bits per heavy atom. The maximum absolute atomic E-state index is 13.0. The summed E-state index contributed by atoms with van der Waals surface area (Å²) in [6.07, 6.45) is 1.46. The highest BCUT2D eigenvalue weighted by Crippen LogP contribution is 2.33. The van der Waals surface area contributed by atoms with Gasteiger partial charge in [-0.15, -0.1) is 0 Å². The van der Waals surface area contributed by atoms with E-state index in [1.807, 2.05) is 0 Å². The number of hydrogen-bond donors (Lipinski definition) is 2. The topological polar surface area (TPSA) is 69.6 Å². The van der Waals surface area contributed by atoms with Gasteiger partial charge in [-0.25, -0.2) is 9.18 Å². The Morgan fingerprint density at radius 3 is 2.56 bits per heavy atom. The van der Waals surface area contributed by atoms with E-state index >= 15 is 0 Å². The minimum Gasteiger partial charge on any atom is -0.505 e. The number of phenols is 1. The minimum absolute atomic E-state index is 0.0301. The van der Waals surface area contributed by atoms with E-state index in [9.17, 15) is 19.1 Å². The molecule has 0 saturated carbocycles. The largest absolute Gasteiger partial charge is 0.505 e. The first-order valence-electron chi connectivity index (χ1n) is 7.12. The van der Waals surface area contributed by atoms with E-state index < -0.39 is 17.8 Å². The highest BCUT2D eigenvalue weighted by molar-refractivity contribution is 9.10. The van der Waals surface area contributed by atoms with Crippen LogP contribution in [0.1, 0.15) is 11.1 Å². The Morgan fingerprint density at radius 2 is 1.92 bits per heavy atom. The van der Waals surface area contributed by atoms with Gasteiger partial charge in [0.1, 0.15) is 17.3 Å². The smallest absolute Gasteiger partial charge is 0.329 e. The van der Waals surface area contributed by atoms with E-state index in [-0.39, 0.29) is 23.0 Å². The summed E-state index contributed by atoms with van der Waals surface area (Å²) >= 11 is 9.05. The van der Waals surface area contributed by atoms with E-state index in [4.69, 9.17) is 11.6 Å². The summed E-state index contributed by atoms with van der Waals surface area (Å²) in [6.45, 7) is 0.0301. The van der Waals surface area contributed by atoms with E-state index in [1.165, 1.54) is 36.4 Å². The average Bonchev–Trinajstić information content (AvgIpc) is 2.82. The van der Waals surface area contributed by atoms with Gasteiger partial charge in [0.15, 0.2) is 0 Å². The zero-order valence-electron chi connectivity index (χ0n) is 12.6. The van der Waals surface area contributed by atoms with Crippen molar-refractivity contribution in [1.29, 1.82) is 0 Å². The molecule has 1 aliphatic heterocycles. The van der Waals surface area contributed by atoms with Crippen molar-refractivity contribution in [3.63, 3.8) is 0 Å². The molecule has 2 aromatic carbocycles. The monoisotopic (exact) mass is 424 g/mol. The number of nitrogens with zero attached hydrogens (tertiary/aromatic N) is 1. The summed E-state index contributed by atoms with van der Waals surface area (Å²) in [5.41, 5.74) is 1.24. The van der Waals surface area contributed by atoms with Crippen molar-refractivity contribution in [2.75, 3.05) is 0 Å². The second-order valence-electron chi connectivity index (χ2n) is 5.34. The van der Waals surface area contributed by atoms with E-state index in [0.717, 1.165) is 4.90 Å². The number of urea groups is 1. The molecule has 0 aliphatic carbocycles. The fourth-order valence-corrected chi connectivity index (χ4v) is 3.14. The number of rotatable bonds is 3.